The van der Waals surface area contributed by atoms with Crippen molar-refractivity contribution in [1.82, 2.24) is 4.90 Å². The average molecular weight is 374 g/mol. The summed E-state index contributed by atoms with van der Waals surface area (Å²) in [6.07, 6.45) is 4.07. The molecule has 1 fully saturated rings. The maximum absolute atomic E-state index is 12.4. The number of amides is 1. The molecule has 1 aromatic carbocycles. The fraction of sp³-hybridized carbons (Fsp3) is 0.611. The first kappa shape index (κ1) is 19.4. The van der Waals surface area contributed by atoms with Gasteiger partial charge in [0.25, 0.3) is 0 Å². The van der Waals surface area contributed by atoms with Crippen LogP contribution in [0.1, 0.15) is 45.4 Å². The smallest absolute Gasteiger partial charge is 0.222 e. The first-order valence-electron chi connectivity index (χ1n) is 8.34. The summed E-state index contributed by atoms with van der Waals surface area (Å²) < 4.78 is 5.61. The molecule has 24 heavy (non-hydrogen) atoms. The SMILES string of the molecule is CN(C(=O)CCCOc1ccc(Cl)cc1Cl)C1(C)CCCC(O)C1. The zero-order valence-electron chi connectivity index (χ0n) is 14.2. The minimum absolute atomic E-state index is 0.0809. The van der Waals surface area contributed by atoms with Crippen LogP contribution < -0.4 is 4.74 Å². The number of aliphatic hydroxyl groups is 1. The normalized spacial score (nSPS) is 23.8. The maximum atomic E-state index is 12.4. The minimum atomic E-state index is -0.311. The Bertz CT molecular complexity index is 581. The predicted molar refractivity (Wildman–Crippen MR) is 96.8 cm³/mol. The summed E-state index contributed by atoms with van der Waals surface area (Å²) in [6.45, 7) is 2.47. The molecule has 0 radical (unpaired) electrons. The van der Waals surface area contributed by atoms with Gasteiger partial charge < -0.3 is 14.7 Å². The molecule has 1 aliphatic carbocycles. The van der Waals surface area contributed by atoms with E-state index in [0.717, 1.165) is 19.3 Å². The Labute approximate surface area is 153 Å². The molecule has 0 aromatic heterocycles. The highest BCUT2D eigenvalue weighted by molar-refractivity contribution is 6.35. The number of carbonyl (C=O) groups excluding carboxylic acids is 1. The number of hydrogen-bond donors (Lipinski definition) is 1. The molecular weight excluding hydrogens is 349 g/mol. The monoisotopic (exact) mass is 373 g/mol. The van der Waals surface area contributed by atoms with Gasteiger partial charge in [0.1, 0.15) is 5.75 Å². The number of halogens is 2. The fourth-order valence-electron chi connectivity index (χ4n) is 3.20. The number of benzene rings is 1. The molecule has 0 saturated heterocycles. The number of hydrogen-bond acceptors (Lipinski definition) is 3. The van der Waals surface area contributed by atoms with Gasteiger partial charge >= 0.3 is 0 Å². The standard InChI is InChI=1S/C18H25Cl2NO3/c1-18(9-3-5-14(22)12-18)21(2)17(23)6-4-10-24-16-8-7-13(19)11-15(16)20/h7-8,11,14,22H,3-6,9-10,12H2,1-2H3. The minimum Gasteiger partial charge on any atom is -0.492 e. The van der Waals surface area contributed by atoms with E-state index in [-0.39, 0.29) is 17.6 Å². The molecule has 134 valence electrons. The molecule has 1 saturated carbocycles. The van der Waals surface area contributed by atoms with E-state index in [2.05, 4.69) is 6.92 Å². The Morgan fingerprint density at radius 1 is 1.46 bits per heavy atom. The number of ether oxygens (including phenoxy) is 1. The molecule has 1 aromatic rings. The van der Waals surface area contributed by atoms with Crippen molar-refractivity contribution < 1.29 is 14.6 Å². The summed E-state index contributed by atoms with van der Waals surface area (Å²) in [7, 11) is 1.83. The van der Waals surface area contributed by atoms with Crippen molar-refractivity contribution in [3.05, 3.63) is 28.2 Å². The van der Waals surface area contributed by atoms with Crippen LogP contribution in [0.2, 0.25) is 10.0 Å². The van der Waals surface area contributed by atoms with E-state index in [9.17, 15) is 9.90 Å². The largest absolute Gasteiger partial charge is 0.492 e. The molecule has 0 heterocycles. The average Bonchev–Trinajstić information content (AvgIpc) is 2.52. The van der Waals surface area contributed by atoms with E-state index < -0.39 is 0 Å². The summed E-state index contributed by atoms with van der Waals surface area (Å²) in [4.78, 5) is 14.2. The van der Waals surface area contributed by atoms with Gasteiger partial charge in [-0.3, -0.25) is 4.79 Å². The lowest BCUT2D eigenvalue weighted by molar-refractivity contribution is -0.137. The van der Waals surface area contributed by atoms with Gasteiger partial charge in [-0.25, -0.2) is 0 Å². The van der Waals surface area contributed by atoms with Gasteiger partial charge in [0.2, 0.25) is 5.91 Å². The molecular formula is C18H25Cl2NO3. The van der Waals surface area contributed by atoms with E-state index in [1.807, 2.05) is 7.05 Å². The lowest BCUT2D eigenvalue weighted by Gasteiger charge is -2.43. The van der Waals surface area contributed by atoms with Crippen LogP contribution in [0, 0.1) is 0 Å². The molecule has 0 aliphatic heterocycles. The quantitative estimate of drug-likeness (QED) is 0.755. The third-order valence-corrected chi connectivity index (χ3v) is 5.33. The Hall–Kier alpha value is -0.970. The van der Waals surface area contributed by atoms with Crippen molar-refractivity contribution in [2.24, 2.45) is 0 Å². The van der Waals surface area contributed by atoms with Crippen molar-refractivity contribution in [3.63, 3.8) is 0 Å². The van der Waals surface area contributed by atoms with E-state index in [1.165, 1.54) is 0 Å². The van der Waals surface area contributed by atoms with Crippen LogP contribution in [0.3, 0.4) is 0 Å². The second-order valence-corrected chi connectivity index (χ2v) is 7.57. The number of carbonyl (C=O) groups is 1. The van der Waals surface area contributed by atoms with Gasteiger partial charge in [-0.15, -0.1) is 0 Å². The van der Waals surface area contributed by atoms with Crippen molar-refractivity contribution in [2.75, 3.05) is 13.7 Å². The number of rotatable bonds is 6. The van der Waals surface area contributed by atoms with Crippen molar-refractivity contribution in [3.8, 4) is 5.75 Å². The second-order valence-electron chi connectivity index (χ2n) is 6.73. The van der Waals surface area contributed by atoms with Crippen LogP contribution in [-0.2, 0) is 4.79 Å². The molecule has 1 aliphatic rings. The van der Waals surface area contributed by atoms with Crippen molar-refractivity contribution in [1.29, 1.82) is 0 Å². The zero-order valence-corrected chi connectivity index (χ0v) is 15.7. The Balaban J connectivity index is 1.78. The Kier molecular flexibility index (Phi) is 6.79. The van der Waals surface area contributed by atoms with Crippen LogP contribution >= 0.6 is 23.2 Å². The first-order chi connectivity index (χ1) is 11.3. The first-order valence-corrected chi connectivity index (χ1v) is 9.10. The van der Waals surface area contributed by atoms with Crippen molar-refractivity contribution >= 4 is 29.1 Å². The summed E-state index contributed by atoms with van der Waals surface area (Å²) in [5, 5.41) is 10.9. The van der Waals surface area contributed by atoms with Gasteiger partial charge in [0.05, 0.1) is 17.7 Å². The van der Waals surface area contributed by atoms with E-state index in [0.29, 0.717) is 41.7 Å². The third kappa shape index (κ3) is 5.01. The summed E-state index contributed by atoms with van der Waals surface area (Å²) >= 11 is 11.9. The summed E-state index contributed by atoms with van der Waals surface area (Å²) in [5.74, 6) is 0.654. The number of nitrogens with zero attached hydrogens (tertiary/aromatic N) is 1. The topological polar surface area (TPSA) is 49.8 Å². The number of aliphatic hydroxyl groups excluding tert-OH is 1. The lowest BCUT2D eigenvalue weighted by atomic mass is 9.80. The van der Waals surface area contributed by atoms with Gasteiger partial charge in [-0.05, 0) is 57.2 Å². The highest BCUT2D eigenvalue weighted by Gasteiger charge is 2.36. The molecule has 0 bridgehead atoms. The van der Waals surface area contributed by atoms with E-state index >= 15 is 0 Å². The van der Waals surface area contributed by atoms with Crippen LogP contribution in [0.4, 0.5) is 0 Å². The van der Waals surface area contributed by atoms with Crippen LogP contribution in [0.5, 0.6) is 5.75 Å². The molecule has 1 amide bonds. The Morgan fingerprint density at radius 2 is 2.21 bits per heavy atom. The molecule has 2 unspecified atom stereocenters. The van der Waals surface area contributed by atoms with Crippen LogP contribution in [0.15, 0.2) is 18.2 Å². The van der Waals surface area contributed by atoms with Gasteiger partial charge in [-0.1, -0.05) is 23.2 Å². The molecule has 2 rings (SSSR count). The van der Waals surface area contributed by atoms with Gasteiger partial charge in [-0.2, -0.15) is 0 Å². The van der Waals surface area contributed by atoms with Gasteiger partial charge in [0.15, 0.2) is 0 Å². The maximum Gasteiger partial charge on any atom is 0.222 e. The van der Waals surface area contributed by atoms with E-state index in [4.69, 9.17) is 27.9 Å². The summed E-state index contributed by atoms with van der Waals surface area (Å²) in [6, 6.07) is 5.08. The molecule has 6 heteroatoms. The molecule has 4 nitrogen and oxygen atoms in total. The highest BCUT2D eigenvalue weighted by Crippen LogP contribution is 2.33. The van der Waals surface area contributed by atoms with Crippen molar-refractivity contribution in [2.45, 2.75) is 57.1 Å². The van der Waals surface area contributed by atoms with Gasteiger partial charge in [0, 0.05) is 24.0 Å². The summed E-state index contributed by atoms with van der Waals surface area (Å²) in [5.41, 5.74) is -0.255. The second kappa shape index (κ2) is 8.41. The molecule has 2 atom stereocenters. The predicted octanol–water partition coefficient (Wildman–Crippen LogP) is 4.30. The van der Waals surface area contributed by atoms with E-state index in [1.54, 1.807) is 23.1 Å². The lowest BCUT2D eigenvalue weighted by Crippen LogP contribution is -2.51. The molecule has 1 N–H and O–H groups in total. The third-order valence-electron chi connectivity index (χ3n) is 4.80. The Morgan fingerprint density at radius 3 is 2.88 bits per heavy atom. The van der Waals surface area contributed by atoms with Crippen LogP contribution in [0.25, 0.3) is 0 Å². The molecule has 0 spiro atoms. The van der Waals surface area contributed by atoms with Crippen LogP contribution in [-0.4, -0.2) is 41.2 Å². The zero-order chi connectivity index (χ0) is 17.7. The highest BCUT2D eigenvalue weighted by atomic mass is 35.5. The fourth-order valence-corrected chi connectivity index (χ4v) is 3.66.